The monoisotopic (exact) mass is 388 g/mol. The average molecular weight is 388 g/mol. The maximum Gasteiger partial charge on any atom is 0.228 e. The molecule has 0 unspecified atom stereocenters. The molecule has 1 aliphatic rings. The number of fused-ring (bicyclic) bond motifs is 1. The van der Waals surface area contributed by atoms with Crippen LogP contribution in [-0.4, -0.2) is 58.4 Å². The molecule has 3 heterocycles. The third-order valence-corrected chi connectivity index (χ3v) is 5.59. The molecule has 0 atom stereocenters. The van der Waals surface area contributed by atoms with E-state index in [1.54, 1.807) is 17.4 Å². The van der Waals surface area contributed by atoms with Crippen molar-refractivity contribution in [2.45, 2.75) is 13.0 Å². The van der Waals surface area contributed by atoms with Gasteiger partial charge in [0.05, 0.1) is 19.2 Å². The van der Waals surface area contributed by atoms with E-state index in [-0.39, 0.29) is 17.5 Å². The van der Waals surface area contributed by atoms with E-state index >= 15 is 0 Å². The van der Waals surface area contributed by atoms with Gasteiger partial charge in [-0.2, -0.15) is 0 Å². The van der Waals surface area contributed by atoms with E-state index in [2.05, 4.69) is 9.88 Å². The van der Waals surface area contributed by atoms with Gasteiger partial charge in [-0.05, 0) is 17.7 Å². The number of ether oxygens (including phenoxy) is 1. The molecule has 0 aliphatic carbocycles. The minimum atomic E-state index is -0.344. The van der Waals surface area contributed by atoms with Crippen LogP contribution in [0.3, 0.4) is 0 Å². The Labute approximate surface area is 160 Å². The topological polar surface area (TPSA) is 50.1 Å². The molecule has 6 nitrogen and oxygen atoms in total. The molecule has 1 saturated heterocycles. The van der Waals surface area contributed by atoms with Gasteiger partial charge in [0.15, 0.2) is 16.5 Å². The Morgan fingerprint density at radius 2 is 2.11 bits per heavy atom. The van der Waals surface area contributed by atoms with Crippen LogP contribution < -0.4 is 4.74 Å². The highest BCUT2D eigenvalue weighted by Gasteiger charge is 2.22. The molecule has 0 saturated carbocycles. The minimum absolute atomic E-state index is 0.107. The first-order chi connectivity index (χ1) is 13.1. The number of nitrogens with zero attached hydrogens (tertiary/aromatic N) is 4. The summed E-state index contributed by atoms with van der Waals surface area (Å²) in [5.41, 5.74) is 1.72. The van der Waals surface area contributed by atoms with E-state index in [1.165, 1.54) is 13.2 Å². The van der Waals surface area contributed by atoms with Crippen LogP contribution in [-0.2, 0) is 17.8 Å². The molecule has 3 aromatic rings. The van der Waals surface area contributed by atoms with Gasteiger partial charge in [0, 0.05) is 50.5 Å². The number of imidazole rings is 1. The predicted molar refractivity (Wildman–Crippen MR) is 102 cm³/mol. The number of carbonyl (C=O) groups is 1. The number of piperazine rings is 1. The fraction of sp³-hybridized carbons (Fsp3) is 0.368. The summed E-state index contributed by atoms with van der Waals surface area (Å²) in [5.74, 6) is 0.0213. The molecular formula is C19H21FN4O2S. The lowest BCUT2D eigenvalue weighted by atomic mass is 10.1. The van der Waals surface area contributed by atoms with Crippen LogP contribution in [0.4, 0.5) is 4.39 Å². The summed E-state index contributed by atoms with van der Waals surface area (Å²) < 4.78 is 20.7. The fourth-order valence-electron chi connectivity index (χ4n) is 3.35. The molecule has 1 fully saturated rings. The van der Waals surface area contributed by atoms with Crippen LogP contribution in [0.2, 0.25) is 0 Å². The van der Waals surface area contributed by atoms with E-state index in [0.717, 1.165) is 29.3 Å². The van der Waals surface area contributed by atoms with Crippen molar-refractivity contribution in [3.63, 3.8) is 0 Å². The maximum atomic E-state index is 13.8. The second-order valence-corrected chi connectivity index (χ2v) is 7.50. The first-order valence-corrected chi connectivity index (χ1v) is 9.74. The van der Waals surface area contributed by atoms with E-state index in [9.17, 15) is 9.18 Å². The van der Waals surface area contributed by atoms with Gasteiger partial charge in [-0.15, -0.1) is 11.3 Å². The Kier molecular flexibility index (Phi) is 5.09. The summed E-state index contributed by atoms with van der Waals surface area (Å²) in [4.78, 5) is 22.1. The summed E-state index contributed by atoms with van der Waals surface area (Å²) in [6.45, 7) is 3.58. The normalized spacial score (nSPS) is 15.4. The Morgan fingerprint density at radius 1 is 1.30 bits per heavy atom. The highest BCUT2D eigenvalue weighted by molar-refractivity contribution is 7.15. The highest BCUT2D eigenvalue weighted by atomic mass is 32.1. The van der Waals surface area contributed by atoms with Crippen LogP contribution in [0, 0.1) is 5.82 Å². The number of methoxy groups -OCH3 is 1. The van der Waals surface area contributed by atoms with Crippen LogP contribution in [0.5, 0.6) is 5.75 Å². The molecule has 0 bridgehead atoms. The zero-order chi connectivity index (χ0) is 18.8. The first kappa shape index (κ1) is 17.9. The number of halogens is 1. The molecule has 142 valence electrons. The van der Waals surface area contributed by atoms with Gasteiger partial charge in [0.25, 0.3) is 0 Å². The third-order valence-electron chi connectivity index (χ3n) is 4.82. The maximum absolute atomic E-state index is 13.8. The largest absolute Gasteiger partial charge is 0.494 e. The van der Waals surface area contributed by atoms with Crippen molar-refractivity contribution in [1.29, 1.82) is 0 Å². The highest BCUT2D eigenvalue weighted by Crippen LogP contribution is 2.19. The Morgan fingerprint density at radius 3 is 2.81 bits per heavy atom. The van der Waals surface area contributed by atoms with Gasteiger partial charge in [0.2, 0.25) is 5.91 Å². The molecule has 1 amide bonds. The van der Waals surface area contributed by atoms with Gasteiger partial charge in [0.1, 0.15) is 0 Å². The summed E-state index contributed by atoms with van der Waals surface area (Å²) in [6.07, 6.45) is 4.19. The number of hydrogen-bond acceptors (Lipinski definition) is 5. The Bertz CT molecular complexity index is 918. The van der Waals surface area contributed by atoms with Crippen molar-refractivity contribution in [3.8, 4) is 5.75 Å². The van der Waals surface area contributed by atoms with Gasteiger partial charge < -0.3 is 9.64 Å². The smallest absolute Gasteiger partial charge is 0.228 e. The van der Waals surface area contributed by atoms with Gasteiger partial charge in [-0.25, -0.2) is 9.37 Å². The first-order valence-electron chi connectivity index (χ1n) is 8.86. The second-order valence-electron chi connectivity index (χ2n) is 6.63. The zero-order valence-electron chi connectivity index (χ0n) is 15.1. The van der Waals surface area contributed by atoms with Crippen molar-refractivity contribution < 1.29 is 13.9 Å². The number of rotatable bonds is 5. The van der Waals surface area contributed by atoms with Crippen LogP contribution in [0.15, 0.2) is 36.0 Å². The lowest BCUT2D eigenvalue weighted by molar-refractivity contribution is -0.132. The fourth-order valence-corrected chi connectivity index (χ4v) is 4.07. The molecule has 8 heteroatoms. The number of aromatic nitrogens is 2. The molecular weight excluding hydrogens is 367 g/mol. The molecule has 27 heavy (non-hydrogen) atoms. The molecule has 1 aliphatic heterocycles. The number of carbonyl (C=O) groups excluding carboxylic acids is 1. The second kappa shape index (κ2) is 7.66. The molecule has 0 spiro atoms. The van der Waals surface area contributed by atoms with Gasteiger partial charge in [-0.1, -0.05) is 6.07 Å². The quantitative estimate of drug-likeness (QED) is 0.674. The Balaban J connectivity index is 1.29. The molecule has 1 aromatic carbocycles. The van der Waals surface area contributed by atoms with Crippen molar-refractivity contribution in [2.24, 2.45) is 0 Å². The van der Waals surface area contributed by atoms with Crippen molar-refractivity contribution >= 4 is 22.2 Å². The van der Waals surface area contributed by atoms with Gasteiger partial charge >= 0.3 is 0 Å². The van der Waals surface area contributed by atoms with Crippen molar-refractivity contribution in [2.75, 3.05) is 33.3 Å². The SMILES string of the molecule is COc1ccc(CN2CCN(C(=O)Cc3cn4ccsc4n3)CC2)cc1F. The molecule has 0 N–H and O–H groups in total. The van der Waals surface area contributed by atoms with E-state index < -0.39 is 0 Å². The van der Waals surface area contributed by atoms with Crippen LogP contribution in [0.25, 0.3) is 4.96 Å². The van der Waals surface area contributed by atoms with Crippen molar-refractivity contribution in [1.82, 2.24) is 19.2 Å². The van der Waals surface area contributed by atoms with E-state index in [1.807, 2.05) is 33.1 Å². The van der Waals surface area contributed by atoms with Crippen LogP contribution >= 0.6 is 11.3 Å². The van der Waals surface area contributed by atoms with Crippen LogP contribution in [0.1, 0.15) is 11.3 Å². The minimum Gasteiger partial charge on any atom is -0.494 e. The van der Waals surface area contributed by atoms with Gasteiger partial charge in [-0.3, -0.25) is 14.1 Å². The lowest BCUT2D eigenvalue weighted by Crippen LogP contribution is -2.48. The number of amides is 1. The summed E-state index contributed by atoms with van der Waals surface area (Å²) in [5, 5.41) is 1.97. The zero-order valence-corrected chi connectivity index (χ0v) is 15.9. The molecule has 2 aromatic heterocycles. The molecule has 0 radical (unpaired) electrons. The summed E-state index contributed by atoms with van der Waals surface area (Å²) in [7, 11) is 1.46. The summed E-state index contributed by atoms with van der Waals surface area (Å²) >= 11 is 1.56. The Hall–Kier alpha value is -2.45. The lowest BCUT2D eigenvalue weighted by Gasteiger charge is -2.34. The average Bonchev–Trinajstić information content (AvgIpc) is 3.24. The van der Waals surface area contributed by atoms with E-state index in [0.29, 0.717) is 26.1 Å². The van der Waals surface area contributed by atoms with Crippen molar-refractivity contribution in [3.05, 3.63) is 53.0 Å². The van der Waals surface area contributed by atoms with E-state index in [4.69, 9.17) is 4.74 Å². The summed E-state index contributed by atoms with van der Waals surface area (Å²) in [6, 6.07) is 5.05. The third kappa shape index (κ3) is 3.96. The standard InChI is InChI=1S/C19H21FN4O2S/c1-26-17-3-2-14(10-16(17)20)12-22-4-6-23(7-5-22)18(25)11-15-13-24-8-9-27-19(24)21-15/h2-3,8-10,13H,4-7,11-12H2,1H3. The molecule has 4 rings (SSSR count). The number of hydrogen-bond donors (Lipinski definition) is 0. The number of thiazole rings is 1. The predicted octanol–water partition coefficient (Wildman–Crippen LogP) is 2.43. The number of benzene rings is 1.